The van der Waals surface area contributed by atoms with Gasteiger partial charge in [0.1, 0.15) is 5.75 Å². The average Bonchev–Trinajstić information content (AvgIpc) is 2.85. The number of hydrogen-bond acceptors (Lipinski definition) is 4. The van der Waals surface area contributed by atoms with Crippen LogP contribution in [0.2, 0.25) is 0 Å². The van der Waals surface area contributed by atoms with Gasteiger partial charge in [-0.1, -0.05) is 0 Å². The number of benzene rings is 1. The van der Waals surface area contributed by atoms with Gasteiger partial charge >= 0.3 is 0 Å². The summed E-state index contributed by atoms with van der Waals surface area (Å²) < 4.78 is 1.72. The minimum absolute atomic E-state index is 0.0882. The molecule has 0 spiro atoms. The van der Waals surface area contributed by atoms with Gasteiger partial charge in [-0.3, -0.25) is 9.48 Å². The molecule has 1 heterocycles. The first-order valence-electron chi connectivity index (χ1n) is 5.51. The second-order valence-electron chi connectivity index (χ2n) is 3.80. The number of phenolic OH excluding ortho intramolecular Hbond substituents is 1. The summed E-state index contributed by atoms with van der Waals surface area (Å²) in [6, 6.07) is 6.23. The summed E-state index contributed by atoms with van der Waals surface area (Å²) in [6.07, 6.45) is 3.50. The highest BCUT2D eigenvalue weighted by molar-refractivity contribution is 5.95. The van der Waals surface area contributed by atoms with Gasteiger partial charge in [0.2, 0.25) is 0 Å². The molecular formula is C12H14N4O2. The zero-order chi connectivity index (χ0) is 13.0. The molecule has 0 fully saturated rings. The maximum atomic E-state index is 11.7. The van der Waals surface area contributed by atoms with Crippen molar-refractivity contribution >= 4 is 11.6 Å². The van der Waals surface area contributed by atoms with E-state index in [1.807, 2.05) is 12.3 Å². The number of nitrogens with two attached hydrogens (primary N) is 1. The summed E-state index contributed by atoms with van der Waals surface area (Å²) in [5.74, 6) is -0.341. The molecule has 1 aromatic carbocycles. The van der Waals surface area contributed by atoms with Gasteiger partial charge in [0.05, 0.1) is 12.2 Å². The zero-order valence-electron chi connectivity index (χ0n) is 9.71. The maximum Gasteiger partial charge on any atom is 0.251 e. The fourth-order valence-electron chi connectivity index (χ4n) is 1.50. The molecule has 1 amide bonds. The van der Waals surface area contributed by atoms with Crippen molar-refractivity contribution in [3.8, 4) is 5.75 Å². The molecule has 0 aliphatic carbocycles. The van der Waals surface area contributed by atoms with Gasteiger partial charge in [-0.15, -0.1) is 0 Å². The molecule has 0 aliphatic rings. The van der Waals surface area contributed by atoms with Crippen LogP contribution in [-0.2, 0) is 6.54 Å². The first-order chi connectivity index (χ1) is 8.66. The number of anilines is 1. The SMILES string of the molecule is Nc1ccc(C(=O)NCCn2cccn2)cc1O. The summed E-state index contributed by atoms with van der Waals surface area (Å²) in [5, 5.41) is 16.2. The summed E-state index contributed by atoms with van der Waals surface area (Å²) >= 11 is 0. The normalized spacial score (nSPS) is 10.2. The summed E-state index contributed by atoms with van der Waals surface area (Å²) in [6.45, 7) is 1.06. The van der Waals surface area contributed by atoms with E-state index in [0.717, 1.165) is 0 Å². The van der Waals surface area contributed by atoms with Crippen molar-refractivity contribution in [2.75, 3.05) is 12.3 Å². The number of nitrogens with one attached hydrogen (secondary N) is 1. The van der Waals surface area contributed by atoms with Crippen molar-refractivity contribution in [1.82, 2.24) is 15.1 Å². The minimum Gasteiger partial charge on any atom is -0.506 e. The first-order valence-corrected chi connectivity index (χ1v) is 5.51. The number of hydrogen-bond donors (Lipinski definition) is 3. The van der Waals surface area contributed by atoms with Gasteiger partial charge in [-0.25, -0.2) is 0 Å². The van der Waals surface area contributed by atoms with Crippen LogP contribution >= 0.6 is 0 Å². The van der Waals surface area contributed by atoms with E-state index >= 15 is 0 Å². The molecule has 2 aromatic rings. The lowest BCUT2D eigenvalue weighted by atomic mass is 10.2. The molecule has 6 nitrogen and oxygen atoms in total. The van der Waals surface area contributed by atoms with Gasteiger partial charge in [0.25, 0.3) is 5.91 Å². The van der Waals surface area contributed by atoms with E-state index in [1.165, 1.54) is 12.1 Å². The van der Waals surface area contributed by atoms with E-state index in [4.69, 9.17) is 5.73 Å². The quantitative estimate of drug-likeness (QED) is 0.544. The summed E-state index contributed by atoms with van der Waals surface area (Å²) in [4.78, 5) is 11.7. The van der Waals surface area contributed by atoms with Gasteiger partial charge < -0.3 is 16.2 Å². The number of carbonyl (C=O) groups excluding carboxylic acids is 1. The van der Waals surface area contributed by atoms with Crippen molar-refractivity contribution in [2.24, 2.45) is 0 Å². The third-order valence-corrected chi connectivity index (χ3v) is 2.48. The van der Waals surface area contributed by atoms with Crippen LogP contribution in [0.3, 0.4) is 0 Å². The van der Waals surface area contributed by atoms with E-state index in [-0.39, 0.29) is 17.3 Å². The molecule has 0 atom stereocenters. The van der Waals surface area contributed by atoms with Gasteiger partial charge in [0.15, 0.2) is 0 Å². The average molecular weight is 246 g/mol. The second kappa shape index (κ2) is 5.22. The zero-order valence-corrected chi connectivity index (χ0v) is 9.71. The van der Waals surface area contributed by atoms with Gasteiger partial charge in [-0.05, 0) is 24.3 Å². The van der Waals surface area contributed by atoms with Crippen LogP contribution in [0.5, 0.6) is 5.75 Å². The molecule has 4 N–H and O–H groups in total. The molecule has 0 bridgehead atoms. The van der Waals surface area contributed by atoms with E-state index in [9.17, 15) is 9.90 Å². The summed E-state index contributed by atoms with van der Waals surface area (Å²) in [7, 11) is 0. The molecule has 1 aromatic heterocycles. The minimum atomic E-state index is -0.252. The Balaban J connectivity index is 1.89. The van der Waals surface area contributed by atoms with Crippen LogP contribution in [0.4, 0.5) is 5.69 Å². The molecule has 0 unspecified atom stereocenters. The fraction of sp³-hybridized carbons (Fsp3) is 0.167. The maximum absolute atomic E-state index is 11.7. The third-order valence-electron chi connectivity index (χ3n) is 2.48. The van der Waals surface area contributed by atoms with E-state index in [1.54, 1.807) is 16.9 Å². The lowest BCUT2D eigenvalue weighted by Gasteiger charge is -2.06. The van der Waals surface area contributed by atoms with E-state index in [2.05, 4.69) is 10.4 Å². The standard InChI is InChI=1S/C12H14N4O2/c13-10-3-2-9(8-11(10)17)12(18)14-5-7-16-6-1-4-15-16/h1-4,6,8,17H,5,7,13H2,(H,14,18). The Bertz CT molecular complexity index is 537. The van der Waals surface area contributed by atoms with Crippen LogP contribution < -0.4 is 11.1 Å². The Labute approximate surface area is 104 Å². The van der Waals surface area contributed by atoms with Crippen molar-refractivity contribution in [3.05, 3.63) is 42.2 Å². The third kappa shape index (κ3) is 2.79. The number of rotatable bonds is 4. The summed E-state index contributed by atoms with van der Waals surface area (Å²) in [5.41, 5.74) is 6.09. The monoisotopic (exact) mass is 246 g/mol. The van der Waals surface area contributed by atoms with Gasteiger partial charge in [0, 0.05) is 24.5 Å². The molecule has 2 rings (SSSR count). The lowest BCUT2D eigenvalue weighted by Crippen LogP contribution is -2.27. The molecule has 0 saturated heterocycles. The largest absolute Gasteiger partial charge is 0.506 e. The first kappa shape index (κ1) is 12.0. The molecule has 6 heteroatoms. The van der Waals surface area contributed by atoms with Crippen LogP contribution in [0.1, 0.15) is 10.4 Å². The van der Waals surface area contributed by atoms with Gasteiger partial charge in [-0.2, -0.15) is 5.10 Å². The molecule has 0 radical (unpaired) electrons. The van der Waals surface area contributed by atoms with E-state index < -0.39 is 0 Å². The number of carbonyl (C=O) groups is 1. The highest BCUT2D eigenvalue weighted by Gasteiger charge is 2.07. The number of nitrogen functional groups attached to an aromatic ring is 1. The molecule has 0 saturated carbocycles. The van der Waals surface area contributed by atoms with Crippen LogP contribution in [0, 0.1) is 0 Å². The number of nitrogens with zero attached hydrogens (tertiary/aromatic N) is 2. The molecule has 0 aliphatic heterocycles. The number of aromatic nitrogens is 2. The Kier molecular flexibility index (Phi) is 3.47. The van der Waals surface area contributed by atoms with Crippen molar-refractivity contribution in [2.45, 2.75) is 6.54 Å². The smallest absolute Gasteiger partial charge is 0.251 e. The predicted octanol–water partition coefficient (Wildman–Crippen LogP) is 0.601. The Morgan fingerprint density at radius 2 is 2.33 bits per heavy atom. The Hall–Kier alpha value is -2.50. The number of phenols is 1. The molecule has 94 valence electrons. The topological polar surface area (TPSA) is 93.2 Å². The van der Waals surface area contributed by atoms with Crippen molar-refractivity contribution in [1.29, 1.82) is 0 Å². The molecular weight excluding hydrogens is 232 g/mol. The highest BCUT2D eigenvalue weighted by Crippen LogP contribution is 2.20. The second-order valence-corrected chi connectivity index (χ2v) is 3.80. The number of amides is 1. The fourth-order valence-corrected chi connectivity index (χ4v) is 1.50. The molecule has 18 heavy (non-hydrogen) atoms. The van der Waals surface area contributed by atoms with Crippen LogP contribution in [0.15, 0.2) is 36.7 Å². The van der Waals surface area contributed by atoms with Crippen LogP contribution in [0.25, 0.3) is 0 Å². The number of aromatic hydroxyl groups is 1. The van der Waals surface area contributed by atoms with Crippen molar-refractivity contribution < 1.29 is 9.90 Å². The lowest BCUT2D eigenvalue weighted by molar-refractivity contribution is 0.0951. The van der Waals surface area contributed by atoms with Crippen molar-refractivity contribution in [3.63, 3.8) is 0 Å². The van der Waals surface area contributed by atoms with E-state index in [0.29, 0.717) is 18.7 Å². The highest BCUT2D eigenvalue weighted by atomic mass is 16.3. The Morgan fingerprint density at radius 3 is 3.00 bits per heavy atom. The predicted molar refractivity (Wildman–Crippen MR) is 67.1 cm³/mol. The van der Waals surface area contributed by atoms with Crippen LogP contribution in [-0.4, -0.2) is 27.3 Å². The Morgan fingerprint density at radius 1 is 1.50 bits per heavy atom.